The van der Waals surface area contributed by atoms with Crippen LogP contribution >= 0.6 is 11.6 Å². The van der Waals surface area contributed by atoms with Crippen molar-refractivity contribution in [1.82, 2.24) is 20.1 Å². The molecule has 0 spiro atoms. The minimum Gasteiger partial charge on any atom is -0.466 e. The van der Waals surface area contributed by atoms with E-state index in [2.05, 4.69) is 15.2 Å². The number of nitrogens with zero attached hydrogens (tertiary/aromatic N) is 4. The van der Waals surface area contributed by atoms with E-state index < -0.39 is 17.8 Å². The lowest BCUT2D eigenvalue weighted by atomic mass is 9.94. The Morgan fingerprint density at radius 3 is 2.52 bits per heavy atom. The Morgan fingerprint density at radius 2 is 1.86 bits per heavy atom. The van der Waals surface area contributed by atoms with Gasteiger partial charge in [0.05, 0.1) is 52.1 Å². The van der Waals surface area contributed by atoms with Crippen LogP contribution in [0.15, 0.2) is 58.9 Å². The first-order valence-corrected chi connectivity index (χ1v) is 14.1. The SMILES string of the molecule is COC(=O)C1=C(CN2CCN(C(=O)CCOCCOCCO)CC2)NC(c2ccccn2)=NC1c1ccc(F)cc1Cl. The van der Waals surface area contributed by atoms with Gasteiger partial charge in [-0.1, -0.05) is 23.7 Å². The number of piperazine rings is 1. The molecule has 2 aliphatic heterocycles. The quantitative estimate of drug-likeness (QED) is 0.261. The number of carbonyl (C=O) groups excluding carboxylic acids is 2. The highest BCUT2D eigenvalue weighted by molar-refractivity contribution is 6.31. The van der Waals surface area contributed by atoms with Gasteiger partial charge in [0.25, 0.3) is 0 Å². The Labute approximate surface area is 248 Å². The third-order valence-corrected chi connectivity index (χ3v) is 7.20. The number of ether oxygens (including phenoxy) is 3. The third-order valence-electron chi connectivity index (χ3n) is 6.87. The van der Waals surface area contributed by atoms with Crippen molar-refractivity contribution in [2.45, 2.75) is 12.5 Å². The van der Waals surface area contributed by atoms with E-state index in [-0.39, 0.29) is 36.1 Å². The highest BCUT2D eigenvalue weighted by atomic mass is 35.5. The average Bonchev–Trinajstić information content (AvgIpc) is 3.00. The number of pyridine rings is 1. The Morgan fingerprint density at radius 1 is 1.10 bits per heavy atom. The fourth-order valence-corrected chi connectivity index (χ4v) is 5.01. The van der Waals surface area contributed by atoms with E-state index in [1.54, 1.807) is 23.2 Å². The molecule has 11 nitrogen and oxygen atoms in total. The summed E-state index contributed by atoms with van der Waals surface area (Å²) in [5, 5.41) is 12.1. The molecule has 1 fully saturated rings. The minimum absolute atomic E-state index is 0.00627. The molecule has 4 rings (SSSR count). The molecule has 1 aromatic carbocycles. The number of aliphatic imine (C=N–C) groups is 1. The van der Waals surface area contributed by atoms with Gasteiger partial charge in [0.1, 0.15) is 17.6 Å². The van der Waals surface area contributed by atoms with Crippen LogP contribution in [0.3, 0.4) is 0 Å². The number of aromatic nitrogens is 1. The lowest BCUT2D eigenvalue weighted by Gasteiger charge is -2.36. The van der Waals surface area contributed by atoms with E-state index in [1.165, 1.54) is 25.3 Å². The van der Waals surface area contributed by atoms with Gasteiger partial charge in [-0.05, 0) is 24.3 Å². The van der Waals surface area contributed by atoms with Gasteiger partial charge in [-0.25, -0.2) is 9.18 Å². The second kappa shape index (κ2) is 15.7. The summed E-state index contributed by atoms with van der Waals surface area (Å²) in [4.78, 5) is 38.9. The number of benzene rings is 1. The van der Waals surface area contributed by atoms with Crippen molar-refractivity contribution in [2.75, 3.05) is 72.9 Å². The van der Waals surface area contributed by atoms with Crippen LogP contribution in [0.5, 0.6) is 0 Å². The molecule has 0 bridgehead atoms. The Kier molecular flexibility index (Phi) is 11.8. The molecule has 3 heterocycles. The summed E-state index contributed by atoms with van der Waals surface area (Å²) in [5.41, 5.74) is 1.87. The van der Waals surface area contributed by atoms with Crippen LogP contribution in [-0.4, -0.2) is 110 Å². The molecule has 1 unspecified atom stereocenters. The van der Waals surface area contributed by atoms with Gasteiger partial charge in [-0.2, -0.15) is 0 Å². The molecular weight excluding hydrogens is 569 g/mol. The first-order valence-electron chi connectivity index (χ1n) is 13.7. The average molecular weight is 604 g/mol. The zero-order valence-electron chi connectivity index (χ0n) is 23.4. The highest BCUT2D eigenvalue weighted by Gasteiger charge is 2.34. The minimum atomic E-state index is -0.851. The molecule has 2 aromatic rings. The lowest BCUT2D eigenvalue weighted by Crippen LogP contribution is -2.50. The molecule has 0 radical (unpaired) electrons. The van der Waals surface area contributed by atoms with Crippen LogP contribution in [-0.2, 0) is 23.8 Å². The number of halogens is 2. The summed E-state index contributed by atoms with van der Waals surface area (Å²) >= 11 is 6.44. The fraction of sp³-hybridized carbons (Fsp3) is 0.448. The van der Waals surface area contributed by atoms with Crippen molar-refractivity contribution in [2.24, 2.45) is 4.99 Å². The second-order valence-electron chi connectivity index (χ2n) is 9.63. The molecule has 226 valence electrons. The van der Waals surface area contributed by atoms with Gasteiger partial charge in [0.15, 0.2) is 5.84 Å². The standard InChI is InChI=1S/C29H35ClFN5O6/c1-40-29(39)26-24(19-35-9-11-36(12-10-35)25(38)7-14-41-16-17-42-15-13-37)33-28(23-4-2-3-8-32-23)34-27(26)21-6-5-20(31)18-22(21)30/h2-6,8,18,27,37H,7,9-17,19H2,1H3,(H,33,34). The number of hydrogen-bond donors (Lipinski definition) is 2. The second-order valence-corrected chi connectivity index (χ2v) is 10.0. The van der Waals surface area contributed by atoms with Crippen molar-refractivity contribution < 1.29 is 33.3 Å². The summed E-state index contributed by atoms with van der Waals surface area (Å²) in [6.45, 7) is 3.81. The smallest absolute Gasteiger partial charge is 0.338 e. The molecule has 1 atom stereocenters. The number of nitrogens with one attached hydrogen (secondary N) is 1. The third kappa shape index (κ3) is 8.33. The van der Waals surface area contributed by atoms with Gasteiger partial charge < -0.3 is 29.5 Å². The molecule has 0 aliphatic carbocycles. The maximum absolute atomic E-state index is 13.9. The number of aliphatic hydroxyl groups is 1. The van der Waals surface area contributed by atoms with Crippen molar-refractivity contribution >= 4 is 29.3 Å². The van der Waals surface area contributed by atoms with E-state index in [4.69, 9.17) is 35.9 Å². The van der Waals surface area contributed by atoms with Gasteiger partial charge >= 0.3 is 5.97 Å². The monoisotopic (exact) mass is 603 g/mol. The van der Waals surface area contributed by atoms with Gasteiger partial charge in [-0.15, -0.1) is 0 Å². The summed E-state index contributed by atoms with van der Waals surface area (Å²) in [6, 6.07) is 8.55. The predicted octanol–water partition coefficient (Wildman–Crippen LogP) is 1.95. The van der Waals surface area contributed by atoms with E-state index in [0.29, 0.717) is 75.3 Å². The Bertz CT molecular complexity index is 1290. The fourth-order valence-electron chi connectivity index (χ4n) is 4.74. The number of rotatable bonds is 13. The van der Waals surface area contributed by atoms with Crippen LogP contribution in [0.2, 0.25) is 5.02 Å². The zero-order chi connectivity index (χ0) is 29.9. The first kappa shape index (κ1) is 31.5. The number of methoxy groups -OCH3 is 1. The maximum Gasteiger partial charge on any atom is 0.338 e. The Balaban J connectivity index is 1.47. The molecule has 2 N–H and O–H groups in total. The van der Waals surface area contributed by atoms with E-state index in [9.17, 15) is 14.0 Å². The highest BCUT2D eigenvalue weighted by Crippen LogP contribution is 2.36. The van der Waals surface area contributed by atoms with E-state index >= 15 is 0 Å². The molecule has 1 amide bonds. The van der Waals surface area contributed by atoms with Crippen LogP contribution in [0.1, 0.15) is 23.7 Å². The first-order chi connectivity index (χ1) is 20.4. The molecule has 13 heteroatoms. The Hall–Kier alpha value is -3.42. The summed E-state index contributed by atoms with van der Waals surface area (Å²) in [7, 11) is 1.30. The van der Waals surface area contributed by atoms with Gasteiger partial charge in [-0.3, -0.25) is 19.7 Å². The molecule has 0 saturated carbocycles. The van der Waals surface area contributed by atoms with Gasteiger partial charge in [0.2, 0.25) is 5.91 Å². The predicted molar refractivity (Wildman–Crippen MR) is 153 cm³/mol. The number of amidine groups is 1. The lowest BCUT2D eigenvalue weighted by molar-refractivity contribution is -0.136. The summed E-state index contributed by atoms with van der Waals surface area (Å²) in [6.07, 6.45) is 1.91. The molecule has 1 aromatic heterocycles. The van der Waals surface area contributed by atoms with E-state index in [1.807, 2.05) is 6.07 Å². The summed E-state index contributed by atoms with van der Waals surface area (Å²) < 4.78 is 29.6. The molecular formula is C29H35ClFN5O6. The van der Waals surface area contributed by atoms with Crippen molar-refractivity contribution in [3.05, 3.63) is 76.0 Å². The summed E-state index contributed by atoms with van der Waals surface area (Å²) in [5.74, 6) is -0.630. The van der Waals surface area contributed by atoms with Crippen LogP contribution in [0.25, 0.3) is 0 Å². The van der Waals surface area contributed by atoms with Crippen LogP contribution in [0.4, 0.5) is 4.39 Å². The number of esters is 1. The number of carbonyl (C=O) groups is 2. The van der Waals surface area contributed by atoms with Crippen LogP contribution in [0, 0.1) is 5.82 Å². The van der Waals surface area contributed by atoms with Crippen molar-refractivity contribution in [3.8, 4) is 0 Å². The molecule has 1 saturated heterocycles. The number of hydrogen-bond acceptors (Lipinski definition) is 10. The molecule has 2 aliphatic rings. The largest absolute Gasteiger partial charge is 0.466 e. The van der Waals surface area contributed by atoms with Crippen LogP contribution < -0.4 is 5.32 Å². The van der Waals surface area contributed by atoms with Crippen molar-refractivity contribution in [3.63, 3.8) is 0 Å². The topological polar surface area (TPSA) is 126 Å². The van der Waals surface area contributed by atoms with Crippen molar-refractivity contribution in [1.29, 1.82) is 0 Å². The maximum atomic E-state index is 13.9. The normalized spacial score (nSPS) is 17.6. The number of amides is 1. The zero-order valence-corrected chi connectivity index (χ0v) is 24.2. The van der Waals surface area contributed by atoms with Gasteiger partial charge in [0, 0.05) is 55.2 Å². The molecule has 42 heavy (non-hydrogen) atoms. The van der Waals surface area contributed by atoms with E-state index in [0.717, 1.165) is 0 Å². The number of aliphatic hydroxyl groups excluding tert-OH is 1.